The first-order chi connectivity index (χ1) is 8.34. The Labute approximate surface area is 96.9 Å². The summed E-state index contributed by atoms with van der Waals surface area (Å²) < 4.78 is 5.40. The minimum atomic E-state index is -0.184. The van der Waals surface area contributed by atoms with Gasteiger partial charge in [0.05, 0.1) is 0 Å². The molecular formula is C13H8N2O2. The number of ketones is 1. The number of rotatable bonds is 2. The number of furan rings is 1. The van der Waals surface area contributed by atoms with Gasteiger partial charge in [-0.2, -0.15) is 0 Å². The Bertz CT molecular complexity index is 641. The second-order valence-corrected chi connectivity index (χ2v) is 3.58. The van der Waals surface area contributed by atoms with Crippen LogP contribution in [0.15, 0.2) is 53.3 Å². The number of hydrogen-bond donors (Lipinski definition) is 0. The summed E-state index contributed by atoms with van der Waals surface area (Å²) in [5.41, 5.74) is 0.978. The third-order valence-corrected chi connectivity index (χ3v) is 2.44. The van der Waals surface area contributed by atoms with E-state index in [1.807, 2.05) is 6.07 Å². The van der Waals surface area contributed by atoms with E-state index >= 15 is 0 Å². The molecule has 3 aromatic rings. The number of fused-ring (bicyclic) bond motifs is 1. The van der Waals surface area contributed by atoms with Gasteiger partial charge in [0.2, 0.25) is 11.5 Å². The molecule has 0 unspecified atom stereocenters. The lowest BCUT2D eigenvalue weighted by Crippen LogP contribution is -1.99. The molecule has 17 heavy (non-hydrogen) atoms. The lowest BCUT2D eigenvalue weighted by Gasteiger charge is -1.94. The van der Waals surface area contributed by atoms with Crippen LogP contribution in [0.4, 0.5) is 0 Å². The van der Waals surface area contributed by atoms with E-state index in [9.17, 15) is 4.79 Å². The second kappa shape index (κ2) is 3.83. The molecule has 0 aliphatic carbocycles. The van der Waals surface area contributed by atoms with Crippen molar-refractivity contribution in [2.45, 2.75) is 0 Å². The fourth-order valence-corrected chi connectivity index (χ4v) is 1.62. The Hall–Kier alpha value is -2.49. The first-order valence-electron chi connectivity index (χ1n) is 5.14. The third kappa shape index (κ3) is 1.69. The van der Waals surface area contributed by atoms with Gasteiger partial charge in [-0.3, -0.25) is 9.78 Å². The van der Waals surface area contributed by atoms with Gasteiger partial charge < -0.3 is 4.42 Å². The van der Waals surface area contributed by atoms with Gasteiger partial charge >= 0.3 is 0 Å². The van der Waals surface area contributed by atoms with Crippen LogP contribution in [0.2, 0.25) is 0 Å². The molecule has 0 spiro atoms. The first-order valence-corrected chi connectivity index (χ1v) is 5.14. The number of nitrogens with zero attached hydrogens (tertiary/aromatic N) is 2. The summed E-state index contributed by atoms with van der Waals surface area (Å²) in [6.07, 6.45) is 4.77. The van der Waals surface area contributed by atoms with Crippen molar-refractivity contribution in [2.75, 3.05) is 0 Å². The molecule has 4 heteroatoms. The van der Waals surface area contributed by atoms with Crippen LogP contribution in [0, 0.1) is 0 Å². The van der Waals surface area contributed by atoms with Crippen LogP contribution in [0.3, 0.4) is 0 Å². The summed E-state index contributed by atoms with van der Waals surface area (Å²) >= 11 is 0. The zero-order valence-electron chi connectivity index (χ0n) is 8.83. The summed E-state index contributed by atoms with van der Waals surface area (Å²) in [6, 6.07) is 8.77. The molecule has 0 atom stereocenters. The molecule has 0 aromatic carbocycles. The maximum Gasteiger partial charge on any atom is 0.229 e. The van der Waals surface area contributed by atoms with Crippen LogP contribution in [-0.2, 0) is 0 Å². The largest absolute Gasteiger partial charge is 0.434 e. The van der Waals surface area contributed by atoms with Crippen LogP contribution in [0.5, 0.6) is 0 Å². The Morgan fingerprint density at radius 3 is 2.82 bits per heavy atom. The SMILES string of the molecule is O=C(c1cccnc1)c1cc2cccnc2o1. The van der Waals surface area contributed by atoms with E-state index in [2.05, 4.69) is 9.97 Å². The lowest BCUT2D eigenvalue weighted by atomic mass is 10.1. The molecule has 0 aliphatic heterocycles. The molecule has 0 aliphatic rings. The quantitative estimate of drug-likeness (QED) is 0.627. The number of carbonyl (C=O) groups is 1. The topological polar surface area (TPSA) is 56.0 Å². The van der Waals surface area contributed by atoms with Crippen molar-refractivity contribution in [2.24, 2.45) is 0 Å². The van der Waals surface area contributed by atoms with E-state index in [0.717, 1.165) is 5.39 Å². The fourth-order valence-electron chi connectivity index (χ4n) is 1.62. The zero-order chi connectivity index (χ0) is 11.7. The van der Waals surface area contributed by atoms with Crippen LogP contribution in [0.1, 0.15) is 16.1 Å². The molecule has 0 saturated carbocycles. The summed E-state index contributed by atoms with van der Waals surface area (Å²) in [7, 11) is 0. The van der Waals surface area contributed by atoms with Gasteiger partial charge in [0, 0.05) is 29.5 Å². The highest BCUT2D eigenvalue weighted by atomic mass is 16.4. The van der Waals surface area contributed by atoms with Crippen molar-refractivity contribution < 1.29 is 9.21 Å². The highest BCUT2D eigenvalue weighted by Gasteiger charge is 2.14. The van der Waals surface area contributed by atoms with E-state index in [0.29, 0.717) is 11.3 Å². The molecule has 82 valence electrons. The average Bonchev–Trinajstić information content (AvgIpc) is 2.82. The molecule has 3 aromatic heterocycles. The van der Waals surface area contributed by atoms with Gasteiger partial charge in [-0.15, -0.1) is 0 Å². The van der Waals surface area contributed by atoms with Gasteiger partial charge in [-0.1, -0.05) is 0 Å². The minimum absolute atomic E-state index is 0.184. The number of aromatic nitrogens is 2. The normalized spacial score (nSPS) is 10.6. The van der Waals surface area contributed by atoms with E-state index in [1.54, 1.807) is 36.7 Å². The number of hydrogen-bond acceptors (Lipinski definition) is 4. The van der Waals surface area contributed by atoms with E-state index in [-0.39, 0.29) is 11.5 Å². The van der Waals surface area contributed by atoms with E-state index < -0.39 is 0 Å². The van der Waals surface area contributed by atoms with Gasteiger partial charge in [0.1, 0.15) is 0 Å². The smallest absolute Gasteiger partial charge is 0.229 e. The molecule has 0 N–H and O–H groups in total. The van der Waals surface area contributed by atoms with Gasteiger partial charge in [-0.25, -0.2) is 4.98 Å². The monoisotopic (exact) mass is 224 g/mol. The van der Waals surface area contributed by atoms with Gasteiger partial charge in [0.25, 0.3) is 0 Å². The van der Waals surface area contributed by atoms with Crippen molar-refractivity contribution in [1.82, 2.24) is 9.97 Å². The standard InChI is InChI=1S/C13H8N2O2/c16-12(10-4-1-5-14-8-10)11-7-9-3-2-6-15-13(9)17-11/h1-8H. The third-order valence-electron chi connectivity index (χ3n) is 2.44. The Morgan fingerprint density at radius 1 is 1.18 bits per heavy atom. The molecule has 0 radical (unpaired) electrons. The number of carbonyl (C=O) groups excluding carboxylic acids is 1. The predicted molar refractivity (Wildman–Crippen MR) is 61.7 cm³/mol. The average molecular weight is 224 g/mol. The first kappa shape index (κ1) is 9.72. The van der Waals surface area contributed by atoms with Gasteiger partial charge in [0.15, 0.2) is 5.76 Å². The highest BCUT2D eigenvalue weighted by molar-refractivity contribution is 6.08. The summed E-state index contributed by atoms with van der Waals surface area (Å²) in [4.78, 5) is 20.0. The van der Waals surface area contributed by atoms with Crippen LogP contribution in [-0.4, -0.2) is 15.8 Å². The molecule has 0 bridgehead atoms. The predicted octanol–water partition coefficient (Wildman–Crippen LogP) is 2.45. The molecule has 3 rings (SSSR count). The fraction of sp³-hybridized carbons (Fsp3) is 0. The van der Waals surface area contributed by atoms with Gasteiger partial charge in [-0.05, 0) is 30.3 Å². The minimum Gasteiger partial charge on any atom is -0.434 e. The van der Waals surface area contributed by atoms with E-state index in [4.69, 9.17) is 4.42 Å². The maximum absolute atomic E-state index is 12.1. The van der Waals surface area contributed by atoms with E-state index in [1.165, 1.54) is 6.20 Å². The molecular weight excluding hydrogens is 216 g/mol. The summed E-state index contributed by atoms with van der Waals surface area (Å²) in [6.45, 7) is 0. The van der Waals surface area contributed by atoms with Crippen LogP contribution >= 0.6 is 0 Å². The van der Waals surface area contributed by atoms with Crippen LogP contribution in [0.25, 0.3) is 11.1 Å². The number of pyridine rings is 2. The maximum atomic E-state index is 12.1. The molecule has 4 nitrogen and oxygen atoms in total. The lowest BCUT2D eigenvalue weighted by molar-refractivity contribution is 0.101. The molecule has 3 heterocycles. The van der Waals surface area contributed by atoms with Crippen molar-refractivity contribution in [3.63, 3.8) is 0 Å². The summed E-state index contributed by atoms with van der Waals surface area (Å²) in [5.74, 6) is 0.0998. The van der Waals surface area contributed by atoms with Crippen LogP contribution < -0.4 is 0 Å². The summed E-state index contributed by atoms with van der Waals surface area (Å²) in [5, 5.41) is 0.819. The Kier molecular flexibility index (Phi) is 2.19. The molecule has 0 fully saturated rings. The second-order valence-electron chi connectivity index (χ2n) is 3.58. The van der Waals surface area contributed by atoms with Crippen molar-refractivity contribution in [1.29, 1.82) is 0 Å². The Balaban J connectivity index is 2.07. The molecule has 0 amide bonds. The zero-order valence-corrected chi connectivity index (χ0v) is 8.83. The van der Waals surface area contributed by atoms with Crippen molar-refractivity contribution in [3.8, 4) is 0 Å². The van der Waals surface area contributed by atoms with Crippen molar-refractivity contribution in [3.05, 3.63) is 60.2 Å². The Morgan fingerprint density at radius 2 is 2.06 bits per heavy atom. The highest BCUT2D eigenvalue weighted by Crippen LogP contribution is 2.18. The molecule has 0 saturated heterocycles. The van der Waals surface area contributed by atoms with Crippen molar-refractivity contribution >= 4 is 16.9 Å².